The Bertz CT molecular complexity index is 848. The summed E-state index contributed by atoms with van der Waals surface area (Å²) in [5.74, 6) is -0.998. The highest BCUT2D eigenvalue weighted by Gasteiger charge is 2.35. The molecule has 0 fully saturated rings. The summed E-state index contributed by atoms with van der Waals surface area (Å²) in [6.07, 6.45) is 2.02. The van der Waals surface area contributed by atoms with Crippen molar-refractivity contribution in [2.75, 3.05) is 18.8 Å². The Labute approximate surface area is 202 Å². The molecule has 2 unspecified atom stereocenters. The molecule has 1 aromatic carbocycles. The van der Waals surface area contributed by atoms with Gasteiger partial charge < -0.3 is 20.3 Å². The van der Waals surface area contributed by atoms with Crippen LogP contribution >= 0.6 is 12.6 Å². The van der Waals surface area contributed by atoms with Gasteiger partial charge in [0.2, 0.25) is 11.8 Å². The predicted molar refractivity (Wildman–Crippen MR) is 131 cm³/mol. The van der Waals surface area contributed by atoms with Gasteiger partial charge in [0, 0.05) is 12.3 Å². The molecule has 33 heavy (non-hydrogen) atoms. The smallest absolute Gasteiger partial charge is 0.408 e. The van der Waals surface area contributed by atoms with E-state index < -0.39 is 29.7 Å². The lowest BCUT2D eigenvalue weighted by molar-refractivity contribution is -0.141. The molecule has 1 aromatic rings. The van der Waals surface area contributed by atoms with Gasteiger partial charge in [-0.25, -0.2) is 4.79 Å². The highest BCUT2D eigenvalue weighted by atomic mass is 32.1. The van der Waals surface area contributed by atoms with Crippen molar-refractivity contribution in [1.82, 2.24) is 15.5 Å². The zero-order chi connectivity index (χ0) is 25.0. The number of hydrogen-bond acceptors (Lipinski definition) is 6. The maximum atomic E-state index is 13.4. The maximum absolute atomic E-state index is 13.4. The molecular weight excluding hydrogens is 440 g/mol. The monoisotopic (exact) mass is 476 g/mol. The van der Waals surface area contributed by atoms with Crippen molar-refractivity contribution >= 4 is 30.5 Å². The van der Waals surface area contributed by atoms with Crippen LogP contribution in [0.3, 0.4) is 0 Å². The first-order valence-corrected chi connectivity index (χ1v) is 11.8. The zero-order valence-electron chi connectivity index (χ0n) is 20.2. The van der Waals surface area contributed by atoms with Gasteiger partial charge >= 0.3 is 6.09 Å². The number of carbonyl (C=O) groups is 3. The van der Waals surface area contributed by atoms with Crippen molar-refractivity contribution in [3.63, 3.8) is 0 Å². The quantitative estimate of drug-likeness (QED) is 0.257. The normalized spacial score (nSPS) is 12.8. The molecule has 8 nitrogen and oxygen atoms in total. The van der Waals surface area contributed by atoms with E-state index in [1.165, 1.54) is 4.90 Å². The summed E-state index contributed by atoms with van der Waals surface area (Å²) in [4.78, 5) is 40.1. The van der Waals surface area contributed by atoms with E-state index in [4.69, 9.17) is 4.74 Å². The average Bonchev–Trinajstić information content (AvgIpc) is 2.73. The van der Waals surface area contributed by atoms with Crippen molar-refractivity contribution < 1.29 is 19.1 Å². The molecule has 0 bridgehead atoms. The topological polar surface area (TPSA) is 112 Å². The molecule has 0 aromatic heterocycles. The summed E-state index contributed by atoms with van der Waals surface area (Å²) < 4.78 is 5.25. The van der Waals surface area contributed by atoms with Crippen molar-refractivity contribution in [1.29, 1.82) is 5.26 Å². The Balaban J connectivity index is 3.24. The van der Waals surface area contributed by atoms with Gasteiger partial charge in [-0.15, -0.1) is 0 Å². The van der Waals surface area contributed by atoms with E-state index in [0.717, 1.165) is 24.8 Å². The second-order valence-electron chi connectivity index (χ2n) is 8.82. The molecule has 0 aliphatic rings. The Morgan fingerprint density at radius 1 is 1.24 bits per heavy atom. The fourth-order valence-corrected chi connectivity index (χ4v) is 3.45. The Morgan fingerprint density at radius 3 is 2.48 bits per heavy atom. The number of alkyl carbamates (subject to hydrolysis) is 1. The number of amides is 3. The summed E-state index contributed by atoms with van der Waals surface area (Å²) in [5.41, 5.74) is 0.753. The first kappa shape index (κ1) is 28.3. The van der Waals surface area contributed by atoms with E-state index in [1.54, 1.807) is 32.9 Å². The van der Waals surface area contributed by atoms with E-state index in [2.05, 4.69) is 30.2 Å². The molecule has 0 spiro atoms. The van der Waals surface area contributed by atoms with E-state index >= 15 is 0 Å². The van der Waals surface area contributed by atoms with Crippen LogP contribution in [0.1, 0.15) is 64.1 Å². The van der Waals surface area contributed by atoms with Crippen LogP contribution < -0.4 is 10.6 Å². The minimum atomic E-state index is -1.07. The van der Waals surface area contributed by atoms with Gasteiger partial charge in [0.05, 0.1) is 6.07 Å². The van der Waals surface area contributed by atoms with Gasteiger partial charge in [0.1, 0.15) is 24.2 Å². The van der Waals surface area contributed by atoms with Gasteiger partial charge in [-0.3, -0.25) is 9.59 Å². The number of thiol groups is 1. The van der Waals surface area contributed by atoms with Gasteiger partial charge in [-0.05, 0) is 39.7 Å². The van der Waals surface area contributed by atoms with Crippen LogP contribution in [0, 0.1) is 18.3 Å². The summed E-state index contributed by atoms with van der Waals surface area (Å²) >= 11 is 4.21. The molecular formula is C24H36N4O4S. The van der Waals surface area contributed by atoms with Gasteiger partial charge in [-0.2, -0.15) is 17.9 Å². The van der Waals surface area contributed by atoms with Gasteiger partial charge in [0.15, 0.2) is 0 Å². The van der Waals surface area contributed by atoms with Crippen LogP contribution in [0.5, 0.6) is 0 Å². The van der Waals surface area contributed by atoms with E-state index in [9.17, 15) is 19.6 Å². The Hall–Kier alpha value is -2.73. The molecule has 0 aliphatic heterocycles. The molecule has 0 heterocycles. The zero-order valence-corrected chi connectivity index (χ0v) is 21.1. The summed E-state index contributed by atoms with van der Waals surface area (Å²) in [5, 5.41) is 14.8. The lowest BCUT2D eigenvalue weighted by Crippen LogP contribution is -2.54. The number of nitrogens with one attached hydrogen (secondary N) is 2. The highest BCUT2D eigenvalue weighted by molar-refractivity contribution is 7.80. The first-order chi connectivity index (χ1) is 15.5. The van der Waals surface area contributed by atoms with E-state index in [-0.39, 0.29) is 18.2 Å². The number of nitriles is 1. The number of rotatable bonds is 11. The fourth-order valence-electron chi connectivity index (χ4n) is 3.20. The predicted octanol–water partition coefficient (Wildman–Crippen LogP) is 3.52. The minimum Gasteiger partial charge on any atom is -0.444 e. The maximum Gasteiger partial charge on any atom is 0.408 e. The van der Waals surface area contributed by atoms with Crippen molar-refractivity contribution in [3.8, 4) is 6.07 Å². The molecule has 0 saturated carbocycles. The molecule has 182 valence electrons. The van der Waals surface area contributed by atoms with E-state index in [1.807, 2.05) is 25.1 Å². The third-order valence-corrected chi connectivity index (χ3v) is 5.06. The SMILES string of the molecule is CCCCCNC(=O)C(c1cccc(C)c1)N(CC#N)C(=O)C(CS)NC(=O)OC(C)(C)C. The number of nitrogens with zero attached hydrogens (tertiary/aromatic N) is 2. The third-order valence-electron chi connectivity index (χ3n) is 4.69. The highest BCUT2D eigenvalue weighted by Crippen LogP contribution is 2.23. The fraction of sp³-hybridized carbons (Fsp3) is 0.583. The molecule has 2 atom stereocenters. The number of benzene rings is 1. The van der Waals surface area contributed by atoms with Crippen LogP contribution in [-0.4, -0.2) is 53.3 Å². The molecule has 3 amide bonds. The lowest BCUT2D eigenvalue weighted by atomic mass is 10.0. The van der Waals surface area contributed by atoms with Gasteiger partial charge in [-0.1, -0.05) is 49.6 Å². The summed E-state index contributed by atoms with van der Waals surface area (Å²) in [6.45, 7) is 9.22. The van der Waals surface area contributed by atoms with Crippen LogP contribution in [0.2, 0.25) is 0 Å². The first-order valence-electron chi connectivity index (χ1n) is 11.2. The van der Waals surface area contributed by atoms with Crippen molar-refractivity contribution in [3.05, 3.63) is 35.4 Å². The number of ether oxygens (including phenoxy) is 1. The van der Waals surface area contributed by atoms with Crippen molar-refractivity contribution in [2.45, 2.75) is 71.6 Å². The van der Waals surface area contributed by atoms with Crippen LogP contribution in [0.4, 0.5) is 4.79 Å². The number of aryl methyl sites for hydroxylation is 1. The molecule has 0 aliphatic carbocycles. The second kappa shape index (κ2) is 13.7. The lowest BCUT2D eigenvalue weighted by Gasteiger charge is -2.32. The second-order valence-corrected chi connectivity index (χ2v) is 9.19. The third kappa shape index (κ3) is 9.74. The Kier molecular flexibility index (Phi) is 11.8. The minimum absolute atomic E-state index is 0.0291. The van der Waals surface area contributed by atoms with Crippen LogP contribution in [0.15, 0.2) is 24.3 Å². The van der Waals surface area contributed by atoms with Gasteiger partial charge in [0.25, 0.3) is 0 Å². The molecule has 0 radical (unpaired) electrons. The summed E-state index contributed by atoms with van der Waals surface area (Å²) in [6, 6.07) is 7.11. The Morgan fingerprint density at radius 2 is 1.94 bits per heavy atom. The summed E-state index contributed by atoms with van der Waals surface area (Å²) in [7, 11) is 0. The molecule has 2 N–H and O–H groups in total. The standard InChI is InChI=1S/C24H36N4O4S/c1-6-7-8-13-26-21(29)20(18-11-9-10-17(2)15-18)28(14-12-25)22(30)19(16-33)27-23(31)32-24(3,4)5/h9-11,15,19-20,33H,6-8,13-14,16H2,1-5H3,(H,26,29)(H,27,31). The van der Waals surface area contributed by atoms with Crippen molar-refractivity contribution in [2.24, 2.45) is 0 Å². The number of unbranched alkanes of at least 4 members (excludes halogenated alkanes) is 2. The van der Waals surface area contributed by atoms with Crippen LogP contribution in [0.25, 0.3) is 0 Å². The van der Waals surface area contributed by atoms with Crippen LogP contribution in [-0.2, 0) is 14.3 Å². The van der Waals surface area contributed by atoms with E-state index in [0.29, 0.717) is 12.1 Å². The molecule has 0 saturated heterocycles. The average molecular weight is 477 g/mol. The molecule has 9 heteroatoms. The molecule has 1 rings (SSSR count). The number of hydrogen-bond donors (Lipinski definition) is 3. The number of carbonyl (C=O) groups excluding carboxylic acids is 3. The largest absolute Gasteiger partial charge is 0.444 e.